The molecule has 0 aliphatic carbocycles. The zero-order valence-corrected chi connectivity index (χ0v) is 26.0. The summed E-state index contributed by atoms with van der Waals surface area (Å²) in [5.74, 6) is -0.553. The molecular weight excluding hydrogens is 560 g/mol. The third-order valence-corrected chi connectivity index (χ3v) is 7.45. The van der Waals surface area contributed by atoms with Gasteiger partial charge >= 0.3 is 12.2 Å². The number of ether oxygens (including phenoxy) is 3. The van der Waals surface area contributed by atoms with E-state index in [1.165, 1.54) is 0 Å². The monoisotopic (exact) mass is 603 g/mol. The molecule has 10 nitrogen and oxygen atoms in total. The zero-order valence-electron chi connectivity index (χ0n) is 26.0. The van der Waals surface area contributed by atoms with Crippen LogP contribution in [-0.2, 0) is 9.47 Å². The normalized spacial score (nSPS) is 20.5. The summed E-state index contributed by atoms with van der Waals surface area (Å²) < 4.78 is 45.9. The molecule has 12 heteroatoms. The van der Waals surface area contributed by atoms with Crippen molar-refractivity contribution in [3.05, 3.63) is 47.8 Å². The quantitative estimate of drug-likeness (QED) is 0.451. The van der Waals surface area contributed by atoms with E-state index in [1.807, 2.05) is 32.6 Å². The molecule has 1 N–H and O–H groups in total. The molecule has 0 bridgehead atoms. The Hall–Kier alpha value is -3.70. The maximum Gasteiger partial charge on any atom is 0.410 e. The van der Waals surface area contributed by atoms with Gasteiger partial charge in [0.25, 0.3) is 0 Å². The predicted octanol–water partition coefficient (Wildman–Crippen LogP) is 5.67. The van der Waals surface area contributed by atoms with Gasteiger partial charge in [0.15, 0.2) is 5.75 Å². The molecule has 3 heterocycles. The third-order valence-electron chi connectivity index (χ3n) is 7.45. The summed E-state index contributed by atoms with van der Waals surface area (Å²) in [7, 11) is 0. The van der Waals surface area contributed by atoms with E-state index in [0.29, 0.717) is 24.8 Å². The van der Waals surface area contributed by atoms with E-state index in [-0.39, 0.29) is 36.8 Å². The Bertz CT molecular complexity index is 1270. The molecule has 0 spiro atoms. The highest BCUT2D eigenvalue weighted by Gasteiger charge is 2.38. The minimum Gasteiger partial charge on any atom is -0.487 e. The maximum atomic E-state index is 14.8. The second-order valence-corrected chi connectivity index (χ2v) is 13.3. The van der Waals surface area contributed by atoms with E-state index < -0.39 is 40.9 Å². The Labute approximate surface area is 252 Å². The number of piperidine rings is 1. The van der Waals surface area contributed by atoms with E-state index in [1.54, 1.807) is 38.1 Å². The molecule has 0 saturated carbocycles. The molecular formula is C31H43F2N5O5. The first-order chi connectivity index (χ1) is 20.1. The van der Waals surface area contributed by atoms with E-state index in [4.69, 9.17) is 14.2 Å². The van der Waals surface area contributed by atoms with Crippen LogP contribution in [0.15, 0.2) is 30.6 Å². The summed E-state index contributed by atoms with van der Waals surface area (Å²) in [5.41, 5.74) is -1.08. The summed E-state index contributed by atoms with van der Waals surface area (Å²) in [5, 5.41) is 2.82. The molecule has 236 valence electrons. The highest BCUT2D eigenvalue weighted by Crippen LogP contribution is 2.33. The molecule has 2 saturated heterocycles. The van der Waals surface area contributed by atoms with Crippen LogP contribution in [0.25, 0.3) is 0 Å². The van der Waals surface area contributed by atoms with Crippen molar-refractivity contribution >= 4 is 18.1 Å². The second-order valence-electron chi connectivity index (χ2n) is 13.3. The van der Waals surface area contributed by atoms with Crippen molar-refractivity contribution in [3.63, 3.8) is 0 Å². The second kappa shape index (κ2) is 12.9. The van der Waals surface area contributed by atoms with Gasteiger partial charge in [-0.15, -0.1) is 0 Å². The number of amides is 2. The summed E-state index contributed by atoms with van der Waals surface area (Å²) in [4.78, 5) is 37.5. The number of carbonyl (C=O) groups excluding carboxylic acids is 2. The Morgan fingerprint density at radius 2 is 1.60 bits per heavy atom. The van der Waals surface area contributed by atoms with Gasteiger partial charge in [-0.3, -0.25) is 0 Å². The van der Waals surface area contributed by atoms with Crippen LogP contribution >= 0.6 is 0 Å². The molecule has 2 aliphatic rings. The van der Waals surface area contributed by atoms with Crippen molar-refractivity contribution in [2.45, 2.75) is 90.6 Å². The molecule has 0 radical (unpaired) electrons. The van der Waals surface area contributed by atoms with E-state index in [2.05, 4.69) is 15.3 Å². The average Bonchev–Trinajstić information content (AvgIpc) is 3.31. The highest BCUT2D eigenvalue weighted by atomic mass is 19.1. The van der Waals surface area contributed by atoms with Crippen molar-refractivity contribution < 1.29 is 32.6 Å². The molecule has 4 rings (SSSR count). The van der Waals surface area contributed by atoms with Crippen LogP contribution in [0.1, 0.15) is 72.8 Å². The molecule has 2 amide bonds. The Morgan fingerprint density at radius 3 is 2.21 bits per heavy atom. The number of benzene rings is 1. The number of nitrogens with one attached hydrogen (secondary N) is 1. The molecule has 1 aromatic heterocycles. The smallest absolute Gasteiger partial charge is 0.410 e. The number of rotatable bonds is 6. The molecule has 3 atom stereocenters. The van der Waals surface area contributed by atoms with Crippen LogP contribution in [-0.4, -0.2) is 76.6 Å². The van der Waals surface area contributed by atoms with Crippen LogP contribution in [0.3, 0.4) is 0 Å². The maximum absolute atomic E-state index is 14.8. The fourth-order valence-corrected chi connectivity index (χ4v) is 5.41. The number of likely N-dealkylation sites (tertiary alicyclic amines) is 1. The number of nitrogens with zero attached hydrogens (tertiary/aromatic N) is 4. The summed E-state index contributed by atoms with van der Waals surface area (Å²) in [6, 6.07) is 2.74. The van der Waals surface area contributed by atoms with Gasteiger partial charge in [0.1, 0.15) is 22.8 Å². The SMILES string of the molecule is C[C@H](Oc1cnc(N2C[C@H](NC(=O)OC(C)(C)C)[C@@H](c3cc(F)ccc3F)C2)nc1)C1CCN(C(=O)OC(C)(C)C)CC1. The topological polar surface area (TPSA) is 106 Å². The Kier molecular flexibility index (Phi) is 9.66. The van der Waals surface area contributed by atoms with Gasteiger partial charge in [0.05, 0.1) is 24.5 Å². The van der Waals surface area contributed by atoms with Crippen molar-refractivity contribution in [1.29, 1.82) is 0 Å². The Morgan fingerprint density at radius 1 is 0.977 bits per heavy atom. The van der Waals surface area contributed by atoms with Crippen LogP contribution in [0.5, 0.6) is 5.75 Å². The molecule has 0 unspecified atom stereocenters. The van der Waals surface area contributed by atoms with Gasteiger partial charge in [0.2, 0.25) is 5.95 Å². The summed E-state index contributed by atoms with van der Waals surface area (Å²) in [6.45, 7) is 14.5. The van der Waals surface area contributed by atoms with Gasteiger partial charge in [-0.1, -0.05) is 0 Å². The van der Waals surface area contributed by atoms with E-state index in [9.17, 15) is 18.4 Å². The van der Waals surface area contributed by atoms with Gasteiger partial charge < -0.3 is 29.3 Å². The minimum atomic E-state index is -0.715. The van der Waals surface area contributed by atoms with Crippen LogP contribution < -0.4 is 15.0 Å². The number of halogens is 2. The number of alkyl carbamates (subject to hydrolysis) is 1. The van der Waals surface area contributed by atoms with Gasteiger partial charge in [-0.2, -0.15) is 0 Å². The number of carbonyl (C=O) groups is 2. The van der Waals surface area contributed by atoms with Gasteiger partial charge in [-0.05, 0) is 91.0 Å². The van der Waals surface area contributed by atoms with Crippen molar-refractivity contribution in [2.24, 2.45) is 5.92 Å². The lowest BCUT2D eigenvalue weighted by atomic mass is 9.92. The standard InChI is InChI=1S/C31H43F2N5O5/c1-19(20-10-12-37(13-11-20)29(40)43-31(5,6)7)41-22-15-34-27(35-16-22)38-17-24(23-14-21(32)8-9-25(23)33)26(18-38)36-28(39)42-30(2,3)4/h8-9,14-16,19-20,24,26H,10-13,17-18H2,1-7H3,(H,36,39)/t19-,24+,26-/m0/s1. The lowest BCUT2D eigenvalue weighted by Gasteiger charge is -2.35. The molecule has 2 aromatic rings. The minimum absolute atomic E-state index is 0.121. The van der Waals surface area contributed by atoms with E-state index >= 15 is 0 Å². The fourth-order valence-electron chi connectivity index (χ4n) is 5.41. The third kappa shape index (κ3) is 8.90. The van der Waals surface area contributed by atoms with Crippen LogP contribution in [0, 0.1) is 17.6 Å². The highest BCUT2D eigenvalue weighted by molar-refractivity contribution is 5.69. The van der Waals surface area contributed by atoms with Crippen molar-refractivity contribution in [1.82, 2.24) is 20.2 Å². The number of aromatic nitrogens is 2. The van der Waals surface area contributed by atoms with Crippen molar-refractivity contribution in [3.8, 4) is 5.75 Å². The van der Waals surface area contributed by atoms with Gasteiger partial charge in [0, 0.05) is 32.1 Å². The van der Waals surface area contributed by atoms with Crippen LogP contribution in [0.2, 0.25) is 0 Å². The first-order valence-corrected chi connectivity index (χ1v) is 14.7. The summed E-state index contributed by atoms with van der Waals surface area (Å²) in [6.07, 6.45) is 3.69. The first kappa shape index (κ1) is 32.2. The van der Waals surface area contributed by atoms with Crippen molar-refractivity contribution in [2.75, 3.05) is 31.1 Å². The number of anilines is 1. The lowest BCUT2D eigenvalue weighted by molar-refractivity contribution is 0.0120. The molecule has 43 heavy (non-hydrogen) atoms. The van der Waals surface area contributed by atoms with Gasteiger partial charge in [-0.25, -0.2) is 28.3 Å². The lowest BCUT2D eigenvalue weighted by Crippen LogP contribution is -2.44. The first-order valence-electron chi connectivity index (χ1n) is 14.7. The van der Waals surface area contributed by atoms with Crippen LogP contribution in [0.4, 0.5) is 24.3 Å². The summed E-state index contributed by atoms with van der Waals surface area (Å²) >= 11 is 0. The number of hydrogen-bond acceptors (Lipinski definition) is 8. The molecule has 1 aromatic carbocycles. The zero-order chi connectivity index (χ0) is 31.5. The molecule has 2 aliphatic heterocycles. The fraction of sp³-hybridized carbons (Fsp3) is 0.613. The largest absolute Gasteiger partial charge is 0.487 e. The predicted molar refractivity (Wildman–Crippen MR) is 157 cm³/mol. The number of hydrogen-bond donors (Lipinski definition) is 1. The average molecular weight is 604 g/mol. The molecule has 2 fully saturated rings. The van der Waals surface area contributed by atoms with E-state index in [0.717, 1.165) is 31.0 Å². The Balaban J connectivity index is 1.38.